The lowest BCUT2D eigenvalue weighted by molar-refractivity contribution is 0.169. The Labute approximate surface area is 114 Å². The van der Waals surface area contributed by atoms with Crippen LogP contribution in [-0.4, -0.2) is 13.2 Å². The Morgan fingerprint density at radius 3 is 2.60 bits per heavy atom. The zero-order valence-electron chi connectivity index (χ0n) is 10.6. The van der Waals surface area contributed by atoms with Crippen LogP contribution < -0.4 is 15.2 Å². The quantitative estimate of drug-likeness (QED) is 0.918. The van der Waals surface area contributed by atoms with Crippen LogP contribution in [0.3, 0.4) is 0 Å². The lowest BCUT2D eigenvalue weighted by Crippen LogP contribution is -2.20. The van der Waals surface area contributed by atoms with Crippen LogP contribution in [0.4, 0.5) is 8.78 Å². The van der Waals surface area contributed by atoms with Crippen LogP contribution in [0.1, 0.15) is 17.2 Å². The second kappa shape index (κ2) is 5.09. The van der Waals surface area contributed by atoms with Crippen LogP contribution in [0, 0.1) is 11.6 Å². The normalized spacial score (nSPS) is 14.9. The van der Waals surface area contributed by atoms with E-state index in [4.69, 9.17) is 15.2 Å². The van der Waals surface area contributed by atoms with Crippen molar-refractivity contribution in [2.24, 2.45) is 5.73 Å². The number of para-hydroxylation sites is 1. The van der Waals surface area contributed by atoms with Gasteiger partial charge in [0.05, 0.1) is 6.04 Å². The molecule has 1 heterocycles. The highest BCUT2D eigenvalue weighted by atomic mass is 19.1. The van der Waals surface area contributed by atoms with Crippen molar-refractivity contribution in [3.8, 4) is 11.5 Å². The van der Waals surface area contributed by atoms with Crippen molar-refractivity contribution in [1.29, 1.82) is 0 Å². The van der Waals surface area contributed by atoms with Crippen molar-refractivity contribution in [2.75, 3.05) is 13.2 Å². The Bertz CT molecular complexity index is 646. The van der Waals surface area contributed by atoms with Gasteiger partial charge in [0.2, 0.25) is 0 Å². The van der Waals surface area contributed by atoms with E-state index in [0.717, 1.165) is 6.07 Å². The number of nitrogens with two attached hydrogens (primary N) is 1. The molecular formula is C15H13F2NO2. The highest BCUT2D eigenvalue weighted by Gasteiger charge is 2.22. The second-order valence-corrected chi connectivity index (χ2v) is 4.51. The molecule has 3 nitrogen and oxygen atoms in total. The average molecular weight is 277 g/mol. The summed E-state index contributed by atoms with van der Waals surface area (Å²) in [5, 5.41) is 0. The average Bonchev–Trinajstić information content (AvgIpc) is 2.46. The fourth-order valence-electron chi connectivity index (χ4n) is 2.26. The van der Waals surface area contributed by atoms with Gasteiger partial charge in [-0.25, -0.2) is 8.78 Å². The number of rotatable bonds is 2. The van der Waals surface area contributed by atoms with Gasteiger partial charge in [-0.05, 0) is 12.1 Å². The Hall–Kier alpha value is -2.14. The van der Waals surface area contributed by atoms with E-state index in [2.05, 4.69) is 0 Å². The fourth-order valence-corrected chi connectivity index (χ4v) is 2.26. The molecule has 5 heteroatoms. The van der Waals surface area contributed by atoms with Crippen LogP contribution in [0.15, 0.2) is 36.4 Å². The maximum Gasteiger partial charge on any atom is 0.166 e. The zero-order chi connectivity index (χ0) is 14.1. The summed E-state index contributed by atoms with van der Waals surface area (Å²) in [6.07, 6.45) is 0. The monoisotopic (exact) mass is 277 g/mol. The van der Waals surface area contributed by atoms with Gasteiger partial charge < -0.3 is 15.2 Å². The molecule has 0 saturated carbocycles. The van der Waals surface area contributed by atoms with E-state index in [-0.39, 0.29) is 5.56 Å². The first kappa shape index (κ1) is 12.9. The molecule has 0 bridgehead atoms. The van der Waals surface area contributed by atoms with Crippen LogP contribution >= 0.6 is 0 Å². The van der Waals surface area contributed by atoms with Crippen molar-refractivity contribution in [3.63, 3.8) is 0 Å². The molecule has 20 heavy (non-hydrogen) atoms. The summed E-state index contributed by atoms with van der Waals surface area (Å²) >= 11 is 0. The Kier molecular flexibility index (Phi) is 3.28. The first-order valence-electron chi connectivity index (χ1n) is 6.26. The summed E-state index contributed by atoms with van der Waals surface area (Å²) in [7, 11) is 0. The summed E-state index contributed by atoms with van der Waals surface area (Å²) < 4.78 is 37.8. The molecule has 0 fully saturated rings. The Morgan fingerprint density at radius 2 is 1.80 bits per heavy atom. The van der Waals surface area contributed by atoms with Gasteiger partial charge in [-0.3, -0.25) is 0 Å². The number of ether oxygens (including phenoxy) is 2. The van der Waals surface area contributed by atoms with Gasteiger partial charge in [0.1, 0.15) is 24.8 Å². The van der Waals surface area contributed by atoms with Gasteiger partial charge in [0, 0.05) is 17.2 Å². The minimum atomic E-state index is -0.743. The fraction of sp³-hybridized carbons (Fsp3) is 0.200. The van der Waals surface area contributed by atoms with Gasteiger partial charge >= 0.3 is 0 Å². The third-order valence-corrected chi connectivity index (χ3v) is 3.23. The van der Waals surface area contributed by atoms with E-state index in [1.165, 1.54) is 12.1 Å². The van der Waals surface area contributed by atoms with Gasteiger partial charge in [0.25, 0.3) is 0 Å². The molecule has 0 amide bonds. The largest absolute Gasteiger partial charge is 0.486 e. The van der Waals surface area contributed by atoms with Crippen LogP contribution in [0.2, 0.25) is 0 Å². The van der Waals surface area contributed by atoms with E-state index in [0.29, 0.717) is 30.3 Å². The summed E-state index contributed by atoms with van der Waals surface area (Å²) in [4.78, 5) is 0. The molecule has 0 aromatic heterocycles. The molecular weight excluding hydrogens is 264 g/mol. The SMILES string of the molecule is NC(c1ccc(F)cc1F)c1cccc2c1OCCO2. The van der Waals surface area contributed by atoms with Crippen molar-refractivity contribution in [2.45, 2.75) is 6.04 Å². The number of benzene rings is 2. The maximum absolute atomic E-state index is 13.8. The number of halogens is 2. The highest BCUT2D eigenvalue weighted by Crippen LogP contribution is 2.38. The molecule has 0 radical (unpaired) electrons. The molecule has 2 N–H and O–H groups in total. The first-order chi connectivity index (χ1) is 9.66. The van der Waals surface area contributed by atoms with Crippen molar-refractivity contribution >= 4 is 0 Å². The summed E-state index contributed by atoms with van der Waals surface area (Å²) in [6, 6.07) is 7.90. The molecule has 0 aliphatic carbocycles. The van der Waals surface area contributed by atoms with Crippen molar-refractivity contribution in [1.82, 2.24) is 0 Å². The topological polar surface area (TPSA) is 44.5 Å². The summed E-state index contributed by atoms with van der Waals surface area (Å²) in [6.45, 7) is 0.888. The molecule has 1 unspecified atom stereocenters. The Balaban J connectivity index is 2.04. The van der Waals surface area contributed by atoms with Gasteiger partial charge in [0.15, 0.2) is 11.5 Å². The minimum Gasteiger partial charge on any atom is -0.486 e. The molecule has 1 aliphatic heterocycles. The van der Waals surface area contributed by atoms with Crippen LogP contribution in [0.5, 0.6) is 11.5 Å². The molecule has 0 spiro atoms. The lowest BCUT2D eigenvalue weighted by atomic mass is 9.97. The third-order valence-electron chi connectivity index (χ3n) is 3.23. The molecule has 1 aliphatic rings. The minimum absolute atomic E-state index is 0.217. The smallest absolute Gasteiger partial charge is 0.166 e. The predicted octanol–water partition coefficient (Wildman–Crippen LogP) is 2.78. The number of hydrogen-bond acceptors (Lipinski definition) is 3. The van der Waals surface area contributed by atoms with Crippen LogP contribution in [0.25, 0.3) is 0 Å². The molecule has 0 saturated heterocycles. The van der Waals surface area contributed by atoms with Gasteiger partial charge in [-0.2, -0.15) is 0 Å². The van der Waals surface area contributed by atoms with E-state index in [9.17, 15) is 8.78 Å². The zero-order valence-corrected chi connectivity index (χ0v) is 10.6. The van der Waals surface area contributed by atoms with Crippen molar-refractivity contribution in [3.05, 3.63) is 59.2 Å². The molecule has 2 aromatic rings. The third kappa shape index (κ3) is 2.20. The summed E-state index contributed by atoms with van der Waals surface area (Å²) in [5.74, 6) is -0.193. The molecule has 1 atom stereocenters. The van der Waals surface area contributed by atoms with Gasteiger partial charge in [-0.15, -0.1) is 0 Å². The first-order valence-corrected chi connectivity index (χ1v) is 6.26. The maximum atomic E-state index is 13.8. The number of hydrogen-bond donors (Lipinski definition) is 1. The van der Waals surface area contributed by atoms with E-state index >= 15 is 0 Å². The molecule has 2 aromatic carbocycles. The predicted molar refractivity (Wildman–Crippen MR) is 69.8 cm³/mol. The Morgan fingerprint density at radius 1 is 1.00 bits per heavy atom. The van der Waals surface area contributed by atoms with E-state index in [1.807, 2.05) is 0 Å². The van der Waals surface area contributed by atoms with Crippen LogP contribution in [-0.2, 0) is 0 Å². The standard InChI is InChI=1S/C15H13F2NO2/c16-9-4-5-10(12(17)8-9)14(18)11-2-1-3-13-15(11)20-7-6-19-13/h1-5,8,14H,6-7,18H2. The summed E-state index contributed by atoms with van der Waals surface area (Å²) in [5.41, 5.74) is 6.93. The van der Waals surface area contributed by atoms with E-state index < -0.39 is 17.7 Å². The van der Waals surface area contributed by atoms with Crippen molar-refractivity contribution < 1.29 is 18.3 Å². The molecule has 104 valence electrons. The molecule has 3 rings (SSSR count). The van der Waals surface area contributed by atoms with Gasteiger partial charge in [-0.1, -0.05) is 18.2 Å². The highest BCUT2D eigenvalue weighted by molar-refractivity contribution is 5.51. The number of fused-ring (bicyclic) bond motifs is 1. The second-order valence-electron chi connectivity index (χ2n) is 4.51. The lowest BCUT2D eigenvalue weighted by Gasteiger charge is -2.23. The van der Waals surface area contributed by atoms with E-state index in [1.54, 1.807) is 18.2 Å².